The Hall–Kier alpha value is -4.45. The Balaban J connectivity index is 1.58. The van der Waals surface area contributed by atoms with Crippen LogP contribution in [0.2, 0.25) is 5.02 Å². The molecule has 0 radical (unpaired) electrons. The van der Waals surface area contributed by atoms with Gasteiger partial charge in [-0.05, 0) is 49.5 Å². The van der Waals surface area contributed by atoms with E-state index in [0.29, 0.717) is 19.4 Å². The molecule has 2 aromatic carbocycles. The van der Waals surface area contributed by atoms with Crippen LogP contribution in [0.3, 0.4) is 0 Å². The van der Waals surface area contributed by atoms with Crippen LogP contribution in [0, 0.1) is 11.7 Å². The third-order valence-electron chi connectivity index (χ3n) is 7.20. The van der Waals surface area contributed by atoms with Crippen LogP contribution in [-0.4, -0.2) is 72.1 Å². The maximum absolute atomic E-state index is 14.4. The van der Waals surface area contributed by atoms with Crippen LogP contribution in [0.15, 0.2) is 54.6 Å². The van der Waals surface area contributed by atoms with Crippen molar-refractivity contribution in [2.24, 2.45) is 5.92 Å². The van der Waals surface area contributed by atoms with E-state index in [1.807, 2.05) is 6.07 Å². The molecule has 2 saturated heterocycles. The third kappa shape index (κ3) is 8.10. The summed E-state index contributed by atoms with van der Waals surface area (Å²) < 4.78 is 24.7. The van der Waals surface area contributed by atoms with Crippen molar-refractivity contribution in [1.82, 2.24) is 20.7 Å². The lowest BCUT2D eigenvalue weighted by Gasteiger charge is -2.42. The van der Waals surface area contributed by atoms with Crippen molar-refractivity contribution in [2.45, 2.75) is 44.4 Å². The largest absolute Gasteiger partial charge is 0.467 e. The molecule has 228 valence electrons. The molecular weight excluding hydrogens is 583 g/mol. The molecule has 0 bridgehead atoms. The zero-order chi connectivity index (χ0) is 30.9. The molecule has 2 aromatic rings. The number of carbonyl (C=O) groups excluding carboxylic acids is 5. The topological polar surface area (TPSA) is 134 Å². The Morgan fingerprint density at radius 3 is 2.60 bits per heavy atom. The Labute approximate surface area is 252 Å². The van der Waals surface area contributed by atoms with Gasteiger partial charge in [0.25, 0.3) is 5.91 Å². The van der Waals surface area contributed by atoms with E-state index in [9.17, 15) is 28.4 Å². The number of methoxy groups -OCH3 is 1. The Kier molecular flexibility index (Phi) is 10.7. The van der Waals surface area contributed by atoms with Crippen LogP contribution in [0.4, 0.5) is 9.18 Å². The molecule has 2 aliphatic rings. The number of benzene rings is 2. The minimum absolute atomic E-state index is 0.00346. The molecule has 43 heavy (non-hydrogen) atoms. The molecule has 0 saturated carbocycles. The van der Waals surface area contributed by atoms with E-state index in [-0.39, 0.29) is 42.5 Å². The summed E-state index contributed by atoms with van der Waals surface area (Å²) in [4.78, 5) is 65.1. The molecular formula is C30H32ClFN4O7. The maximum Gasteiger partial charge on any atom is 0.429 e. The predicted molar refractivity (Wildman–Crippen MR) is 153 cm³/mol. The molecule has 2 fully saturated rings. The molecule has 2 aliphatic heterocycles. The van der Waals surface area contributed by atoms with Crippen LogP contribution in [0.5, 0.6) is 0 Å². The van der Waals surface area contributed by atoms with Crippen molar-refractivity contribution < 1.29 is 37.8 Å². The maximum atomic E-state index is 14.4. The first-order valence-electron chi connectivity index (χ1n) is 13.8. The van der Waals surface area contributed by atoms with E-state index in [1.165, 1.54) is 18.2 Å². The summed E-state index contributed by atoms with van der Waals surface area (Å²) in [5.74, 6) is -3.68. The number of nitrogens with zero attached hydrogens (tertiary/aromatic N) is 2. The number of hydrazine groups is 1. The highest BCUT2D eigenvalue weighted by molar-refractivity contribution is 6.30. The molecule has 2 N–H and O–H groups in total. The van der Waals surface area contributed by atoms with Crippen LogP contribution in [0.1, 0.15) is 36.8 Å². The summed E-state index contributed by atoms with van der Waals surface area (Å²) in [6, 6.07) is 10.5. The Bertz CT molecular complexity index is 1390. The minimum atomic E-state index is -1.23. The second-order valence-corrected chi connectivity index (χ2v) is 10.5. The highest BCUT2D eigenvalue weighted by Crippen LogP contribution is 2.23. The van der Waals surface area contributed by atoms with E-state index in [4.69, 9.17) is 21.1 Å². The second-order valence-electron chi connectivity index (χ2n) is 10.1. The number of rotatable bonds is 9. The first-order chi connectivity index (χ1) is 20.7. The average molecular weight is 615 g/mol. The fraction of sp³-hybridized carbons (Fsp3) is 0.367. The monoisotopic (exact) mass is 614 g/mol. The van der Waals surface area contributed by atoms with Gasteiger partial charge in [-0.1, -0.05) is 48.0 Å². The lowest BCUT2D eigenvalue weighted by atomic mass is 9.97. The van der Waals surface area contributed by atoms with E-state index in [0.717, 1.165) is 34.8 Å². The van der Waals surface area contributed by atoms with Crippen molar-refractivity contribution in [3.8, 4) is 0 Å². The molecule has 0 aliphatic carbocycles. The molecule has 13 heteroatoms. The van der Waals surface area contributed by atoms with Gasteiger partial charge in [-0.15, -0.1) is 0 Å². The first kappa shape index (κ1) is 31.5. The Morgan fingerprint density at radius 2 is 1.93 bits per heavy atom. The lowest BCUT2D eigenvalue weighted by Crippen LogP contribution is -2.62. The normalized spacial score (nSPS) is 19.1. The van der Waals surface area contributed by atoms with Gasteiger partial charge in [-0.25, -0.2) is 24.0 Å². The first-order valence-corrected chi connectivity index (χ1v) is 14.2. The second kappa shape index (κ2) is 14.6. The summed E-state index contributed by atoms with van der Waals surface area (Å²) in [5.41, 5.74) is 0.782. The number of esters is 1. The standard InChI is InChI=1S/C30H32ClFN4O7/c1-42-29(40)24(16-21-13-14-33-27(21)38)34-28(39)25-8-5-15-35(30(41)43-18-19-6-3-2-4-7-19)36(25)26(37)12-10-20-9-11-22(31)17-23(20)32/h2-4,6-7,9-12,17,21,24-25H,5,8,13-16,18H2,1H3,(H,33,38)(H,34,39)/b12-10+/t21-,24-,25-/m0/s1. The van der Waals surface area contributed by atoms with Gasteiger partial charge in [-0.2, -0.15) is 0 Å². The summed E-state index contributed by atoms with van der Waals surface area (Å²) in [7, 11) is 1.16. The number of hydrogen-bond donors (Lipinski definition) is 2. The highest BCUT2D eigenvalue weighted by atomic mass is 35.5. The van der Waals surface area contributed by atoms with Gasteiger partial charge in [-0.3, -0.25) is 14.4 Å². The number of nitrogens with one attached hydrogen (secondary N) is 2. The van der Waals surface area contributed by atoms with Gasteiger partial charge >= 0.3 is 12.1 Å². The fourth-order valence-corrected chi connectivity index (χ4v) is 5.13. The van der Waals surface area contributed by atoms with Crippen LogP contribution >= 0.6 is 11.6 Å². The quantitative estimate of drug-likeness (QED) is 0.327. The molecule has 0 unspecified atom stereocenters. The van der Waals surface area contributed by atoms with Gasteiger partial charge in [0.2, 0.25) is 11.8 Å². The molecule has 0 spiro atoms. The number of hydrogen-bond acceptors (Lipinski definition) is 7. The summed E-state index contributed by atoms with van der Waals surface area (Å²) >= 11 is 5.82. The van der Waals surface area contributed by atoms with Crippen molar-refractivity contribution in [3.05, 3.63) is 76.6 Å². The van der Waals surface area contributed by atoms with E-state index in [1.54, 1.807) is 24.3 Å². The number of halogens is 2. The summed E-state index contributed by atoms with van der Waals surface area (Å²) in [6.07, 6.45) is 2.37. The zero-order valence-electron chi connectivity index (χ0n) is 23.5. The number of carbonyl (C=O) groups is 5. The van der Waals surface area contributed by atoms with Gasteiger partial charge in [0, 0.05) is 35.7 Å². The van der Waals surface area contributed by atoms with Gasteiger partial charge in [0.05, 0.1) is 7.11 Å². The average Bonchev–Trinajstić information content (AvgIpc) is 3.42. The Morgan fingerprint density at radius 1 is 1.16 bits per heavy atom. The summed E-state index contributed by atoms with van der Waals surface area (Å²) in [5, 5.41) is 7.46. The van der Waals surface area contributed by atoms with Crippen LogP contribution in [-0.2, 0) is 35.3 Å². The molecule has 3 atom stereocenters. The smallest absolute Gasteiger partial charge is 0.429 e. The minimum Gasteiger partial charge on any atom is -0.467 e. The van der Waals surface area contributed by atoms with Gasteiger partial charge < -0.3 is 20.1 Å². The van der Waals surface area contributed by atoms with Crippen LogP contribution < -0.4 is 10.6 Å². The van der Waals surface area contributed by atoms with Crippen molar-refractivity contribution in [3.63, 3.8) is 0 Å². The highest BCUT2D eigenvalue weighted by Gasteiger charge is 2.41. The molecule has 4 rings (SSSR count). The molecule has 4 amide bonds. The fourth-order valence-electron chi connectivity index (χ4n) is 4.97. The lowest BCUT2D eigenvalue weighted by molar-refractivity contribution is -0.160. The van der Waals surface area contributed by atoms with Gasteiger partial charge in [0.15, 0.2) is 0 Å². The molecule has 11 nitrogen and oxygen atoms in total. The van der Waals surface area contributed by atoms with E-state index < -0.39 is 47.7 Å². The predicted octanol–water partition coefficient (Wildman–Crippen LogP) is 3.22. The molecule has 0 aromatic heterocycles. The summed E-state index contributed by atoms with van der Waals surface area (Å²) in [6.45, 7) is 0.445. The SMILES string of the molecule is COC(=O)[C@H](C[C@@H]1CCNC1=O)NC(=O)[C@@H]1CCCN(C(=O)OCc2ccccc2)N1C(=O)/C=C/c1ccc(Cl)cc1F. The van der Waals surface area contributed by atoms with Crippen LogP contribution in [0.25, 0.3) is 6.08 Å². The zero-order valence-corrected chi connectivity index (χ0v) is 24.2. The number of ether oxygens (including phenoxy) is 2. The van der Waals surface area contributed by atoms with E-state index >= 15 is 0 Å². The van der Waals surface area contributed by atoms with Crippen molar-refractivity contribution in [1.29, 1.82) is 0 Å². The number of amides is 4. The van der Waals surface area contributed by atoms with E-state index in [2.05, 4.69) is 10.6 Å². The third-order valence-corrected chi connectivity index (χ3v) is 7.44. The van der Waals surface area contributed by atoms with Crippen molar-refractivity contribution in [2.75, 3.05) is 20.2 Å². The van der Waals surface area contributed by atoms with Gasteiger partial charge in [0.1, 0.15) is 24.5 Å². The molecule has 2 heterocycles. The van der Waals surface area contributed by atoms with Crippen molar-refractivity contribution >= 4 is 47.5 Å².